The number of carbonyl (C=O) groups excluding carboxylic acids is 1. The highest BCUT2D eigenvalue weighted by molar-refractivity contribution is 7.90. The van der Waals surface area contributed by atoms with Crippen LogP contribution in [0.1, 0.15) is 16.2 Å². The van der Waals surface area contributed by atoms with Crippen molar-refractivity contribution in [1.82, 2.24) is 20.0 Å². The molecule has 2 aromatic heterocycles. The molecule has 0 bridgehead atoms. The predicted octanol–water partition coefficient (Wildman–Crippen LogP) is 1.99. The van der Waals surface area contributed by atoms with Gasteiger partial charge in [0.25, 0.3) is 5.91 Å². The fourth-order valence-electron chi connectivity index (χ4n) is 2.64. The molecule has 1 aliphatic rings. The number of fused-ring (bicyclic) bond motifs is 3. The van der Waals surface area contributed by atoms with E-state index in [-0.39, 0.29) is 27.1 Å². The van der Waals surface area contributed by atoms with Gasteiger partial charge in [0, 0.05) is 11.9 Å². The van der Waals surface area contributed by atoms with Crippen LogP contribution in [0.5, 0.6) is 0 Å². The van der Waals surface area contributed by atoms with E-state index < -0.39 is 27.3 Å². The first-order valence-corrected chi connectivity index (χ1v) is 9.28. The van der Waals surface area contributed by atoms with E-state index >= 15 is 0 Å². The average Bonchev–Trinajstić information content (AvgIpc) is 2.98. The van der Waals surface area contributed by atoms with Crippen molar-refractivity contribution in [3.8, 4) is 5.69 Å². The Morgan fingerprint density at radius 2 is 2.08 bits per heavy atom. The maximum absolute atomic E-state index is 13.4. The standard InChI is InChI=1S/C15H9ClFN5O3S/c16-13-6-9(3-4-18-13)19-15(23)14-11-7-26(24,25)12-5-8(17)1-2-10(12)22(11)21-20-14/h1-6H,7H2,(H,18,19,23). The number of anilines is 1. The van der Waals surface area contributed by atoms with Crippen LogP contribution in [0, 0.1) is 5.82 Å². The van der Waals surface area contributed by atoms with Crippen LogP contribution in [0.25, 0.3) is 5.69 Å². The van der Waals surface area contributed by atoms with Gasteiger partial charge in [0.2, 0.25) is 0 Å². The van der Waals surface area contributed by atoms with Gasteiger partial charge in [0.15, 0.2) is 15.5 Å². The lowest BCUT2D eigenvalue weighted by Crippen LogP contribution is -2.22. The number of benzene rings is 1. The highest BCUT2D eigenvalue weighted by atomic mass is 35.5. The summed E-state index contributed by atoms with van der Waals surface area (Å²) in [6.45, 7) is 0. The molecule has 0 saturated heterocycles. The Balaban J connectivity index is 1.77. The maximum Gasteiger partial charge on any atom is 0.278 e. The average molecular weight is 394 g/mol. The van der Waals surface area contributed by atoms with Crippen molar-refractivity contribution >= 4 is 33.0 Å². The van der Waals surface area contributed by atoms with E-state index in [1.165, 1.54) is 29.1 Å². The molecule has 3 aromatic rings. The maximum atomic E-state index is 13.4. The van der Waals surface area contributed by atoms with Crippen LogP contribution in [0.15, 0.2) is 41.4 Å². The van der Waals surface area contributed by atoms with E-state index in [0.717, 1.165) is 12.1 Å². The Bertz CT molecular complexity index is 1160. The molecule has 0 saturated carbocycles. The fourth-order valence-corrected chi connectivity index (χ4v) is 4.35. The third-order valence-electron chi connectivity index (χ3n) is 3.77. The van der Waals surface area contributed by atoms with Gasteiger partial charge in [-0.05, 0) is 30.3 Å². The largest absolute Gasteiger partial charge is 0.320 e. The highest BCUT2D eigenvalue weighted by Crippen LogP contribution is 2.31. The molecule has 0 spiro atoms. The molecular weight excluding hydrogens is 385 g/mol. The van der Waals surface area contributed by atoms with E-state index in [0.29, 0.717) is 5.69 Å². The topological polar surface area (TPSA) is 107 Å². The van der Waals surface area contributed by atoms with Crippen LogP contribution in [-0.2, 0) is 15.6 Å². The number of hydrogen-bond acceptors (Lipinski definition) is 6. The summed E-state index contributed by atoms with van der Waals surface area (Å²) < 4.78 is 39.6. The molecule has 1 aliphatic heterocycles. The quantitative estimate of drug-likeness (QED) is 0.667. The number of sulfone groups is 1. The number of carbonyl (C=O) groups is 1. The molecule has 1 N–H and O–H groups in total. The lowest BCUT2D eigenvalue weighted by atomic mass is 10.2. The van der Waals surface area contributed by atoms with Gasteiger partial charge in [0.1, 0.15) is 11.0 Å². The Hall–Kier alpha value is -2.85. The summed E-state index contributed by atoms with van der Waals surface area (Å²) in [7, 11) is -3.84. The minimum Gasteiger partial charge on any atom is -0.320 e. The van der Waals surface area contributed by atoms with Crippen molar-refractivity contribution in [2.24, 2.45) is 0 Å². The third kappa shape index (κ3) is 2.72. The Morgan fingerprint density at radius 3 is 2.85 bits per heavy atom. The number of pyridine rings is 1. The number of nitrogens with zero attached hydrogens (tertiary/aromatic N) is 4. The summed E-state index contributed by atoms with van der Waals surface area (Å²) in [5.74, 6) is -1.84. The van der Waals surface area contributed by atoms with Crippen LogP contribution in [0.4, 0.5) is 10.1 Å². The van der Waals surface area contributed by atoms with E-state index in [1.807, 2.05) is 0 Å². The van der Waals surface area contributed by atoms with Gasteiger partial charge < -0.3 is 5.32 Å². The van der Waals surface area contributed by atoms with Crippen molar-refractivity contribution in [3.05, 3.63) is 58.9 Å². The lowest BCUT2D eigenvalue weighted by Gasteiger charge is -2.18. The van der Waals surface area contributed by atoms with Crippen molar-refractivity contribution in [1.29, 1.82) is 0 Å². The number of hydrogen-bond donors (Lipinski definition) is 1. The Labute approximate surface area is 151 Å². The summed E-state index contributed by atoms with van der Waals surface area (Å²) in [4.78, 5) is 16.1. The van der Waals surface area contributed by atoms with Crippen molar-refractivity contribution < 1.29 is 17.6 Å². The van der Waals surface area contributed by atoms with Gasteiger partial charge >= 0.3 is 0 Å². The molecule has 1 aromatic carbocycles. The minimum absolute atomic E-state index is 0.0989. The molecular formula is C15H9ClFN5O3S. The van der Waals surface area contributed by atoms with Gasteiger partial charge in [-0.15, -0.1) is 5.10 Å². The normalized spacial score (nSPS) is 14.4. The summed E-state index contributed by atoms with van der Waals surface area (Å²) in [5, 5.41) is 10.4. The lowest BCUT2D eigenvalue weighted by molar-refractivity contribution is 0.102. The summed E-state index contributed by atoms with van der Waals surface area (Å²) in [6.07, 6.45) is 1.41. The first kappa shape index (κ1) is 16.6. The molecule has 0 unspecified atom stereocenters. The highest BCUT2D eigenvalue weighted by Gasteiger charge is 2.34. The van der Waals surface area contributed by atoms with Crippen molar-refractivity contribution in [3.63, 3.8) is 0 Å². The summed E-state index contributed by atoms with van der Waals surface area (Å²) >= 11 is 5.77. The van der Waals surface area contributed by atoms with E-state index in [1.54, 1.807) is 0 Å². The predicted molar refractivity (Wildman–Crippen MR) is 89.4 cm³/mol. The first-order chi connectivity index (χ1) is 12.3. The SMILES string of the molecule is O=C(Nc1ccnc(Cl)c1)c1nnn2c1CS(=O)(=O)c1cc(F)ccc1-2. The molecule has 26 heavy (non-hydrogen) atoms. The van der Waals surface area contributed by atoms with Gasteiger partial charge in [-0.1, -0.05) is 16.8 Å². The third-order valence-corrected chi connectivity index (χ3v) is 5.63. The van der Waals surface area contributed by atoms with Gasteiger partial charge in [-0.25, -0.2) is 22.5 Å². The molecule has 0 atom stereocenters. The van der Waals surface area contributed by atoms with Crippen LogP contribution >= 0.6 is 11.6 Å². The number of nitrogens with one attached hydrogen (secondary N) is 1. The Kier molecular flexibility index (Phi) is 3.74. The van der Waals surface area contributed by atoms with Crippen LogP contribution in [0.3, 0.4) is 0 Å². The van der Waals surface area contributed by atoms with Crippen molar-refractivity contribution in [2.45, 2.75) is 10.6 Å². The summed E-state index contributed by atoms with van der Waals surface area (Å²) in [5.41, 5.74) is 0.474. The molecule has 1 amide bonds. The van der Waals surface area contributed by atoms with Crippen molar-refractivity contribution in [2.75, 3.05) is 5.32 Å². The molecule has 11 heteroatoms. The second kappa shape index (κ2) is 5.85. The molecule has 4 rings (SSSR count). The van der Waals surface area contributed by atoms with Gasteiger partial charge in [-0.2, -0.15) is 0 Å². The molecule has 0 fully saturated rings. The van der Waals surface area contributed by atoms with Crippen LogP contribution in [-0.4, -0.2) is 34.3 Å². The zero-order valence-electron chi connectivity index (χ0n) is 12.8. The van der Waals surface area contributed by atoms with Crippen LogP contribution in [0.2, 0.25) is 5.15 Å². The molecule has 132 valence electrons. The molecule has 0 radical (unpaired) electrons. The molecule has 8 nitrogen and oxygen atoms in total. The van der Waals surface area contributed by atoms with Gasteiger partial charge in [0.05, 0.1) is 22.0 Å². The van der Waals surface area contributed by atoms with Gasteiger partial charge in [-0.3, -0.25) is 4.79 Å². The van der Waals surface area contributed by atoms with Crippen LogP contribution < -0.4 is 5.32 Å². The minimum atomic E-state index is -3.84. The second-order valence-corrected chi connectivity index (χ2v) is 7.83. The second-order valence-electron chi connectivity index (χ2n) is 5.49. The Morgan fingerprint density at radius 1 is 1.27 bits per heavy atom. The first-order valence-electron chi connectivity index (χ1n) is 7.25. The molecule has 0 aliphatic carbocycles. The zero-order chi connectivity index (χ0) is 18.5. The number of rotatable bonds is 2. The number of amides is 1. The number of aromatic nitrogens is 4. The summed E-state index contributed by atoms with van der Waals surface area (Å²) in [6, 6.07) is 6.28. The monoisotopic (exact) mass is 393 g/mol. The smallest absolute Gasteiger partial charge is 0.278 e. The molecule has 3 heterocycles. The van der Waals surface area contributed by atoms with E-state index in [2.05, 4.69) is 20.6 Å². The van der Waals surface area contributed by atoms with E-state index in [9.17, 15) is 17.6 Å². The zero-order valence-corrected chi connectivity index (χ0v) is 14.4. The number of halogens is 2. The van der Waals surface area contributed by atoms with E-state index in [4.69, 9.17) is 11.6 Å². The fraction of sp³-hybridized carbons (Fsp3) is 0.0667.